The van der Waals surface area contributed by atoms with Crippen LogP contribution in [0.5, 0.6) is 0 Å². The van der Waals surface area contributed by atoms with Gasteiger partial charge in [0.05, 0.1) is 0 Å². The molecule has 0 aliphatic rings. The van der Waals surface area contributed by atoms with Crippen LogP contribution >= 0.6 is 0 Å². The molecule has 0 aromatic heterocycles. The largest absolute Gasteiger partial charge is 0.374 e. The van der Waals surface area contributed by atoms with Gasteiger partial charge in [0.25, 0.3) is 0 Å². The Morgan fingerprint density at radius 3 is 2.17 bits per heavy atom. The second-order valence-electron chi connectivity index (χ2n) is 2.24. The highest BCUT2D eigenvalue weighted by Crippen LogP contribution is 1.99. The van der Waals surface area contributed by atoms with E-state index in [9.17, 15) is 0 Å². The second-order valence-corrected chi connectivity index (χ2v) is 2.24. The zero-order chi connectivity index (χ0) is 9.72. The lowest BCUT2D eigenvalue weighted by Crippen LogP contribution is -2.48. The standard InChI is InChI=1S/C6H12N4O2/c1-4(11)10(5(2)12)6(8)9-3-7/h4-5,11-12H,1-2H3,(H2,8,9). The van der Waals surface area contributed by atoms with Crippen LogP contribution in [-0.2, 0) is 0 Å². The first-order chi connectivity index (χ1) is 5.50. The molecule has 0 aliphatic carbocycles. The lowest BCUT2D eigenvalue weighted by molar-refractivity contribution is -0.0358. The molecule has 0 heterocycles. The van der Waals surface area contributed by atoms with E-state index in [0.29, 0.717) is 0 Å². The third-order valence-corrected chi connectivity index (χ3v) is 1.23. The van der Waals surface area contributed by atoms with Gasteiger partial charge in [0.1, 0.15) is 12.5 Å². The average molecular weight is 172 g/mol. The van der Waals surface area contributed by atoms with Crippen molar-refractivity contribution in [3.63, 3.8) is 0 Å². The molecule has 0 saturated heterocycles. The first-order valence-corrected chi connectivity index (χ1v) is 3.37. The highest BCUT2D eigenvalue weighted by Gasteiger charge is 2.17. The van der Waals surface area contributed by atoms with Crippen LogP contribution in [0.2, 0.25) is 0 Å². The summed E-state index contributed by atoms with van der Waals surface area (Å²) in [5.41, 5.74) is 5.26. The van der Waals surface area contributed by atoms with Crippen molar-refractivity contribution in [2.24, 2.45) is 10.7 Å². The molecule has 2 unspecified atom stereocenters. The number of nitrogens with zero attached hydrogens (tertiary/aromatic N) is 3. The summed E-state index contributed by atoms with van der Waals surface area (Å²) < 4.78 is 0. The van der Waals surface area contributed by atoms with Crippen molar-refractivity contribution in [2.75, 3.05) is 0 Å². The molecule has 0 aliphatic heterocycles. The Morgan fingerprint density at radius 2 is 1.92 bits per heavy atom. The molecule has 6 nitrogen and oxygen atoms in total. The fourth-order valence-electron chi connectivity index (χ4n) is 0.804. The van der Waals surface area contributed by atoms with E-state index < -0.39 is 12.5 Å². The Balaban J connectivity index is 4.54. The normalized spacial score (nSPS) is 16.4. The van der Waals surface area contributed by atoms with E-state index in [1.165, 1.54) is 20.0 Å². The molecule has 6 heteroatoms. The van der Waals surface area contributed by atoms with Crippen LogP contribution in [0.3, 0.4) is 0 Å². The average Bonchev–Trinajstić information content (AvgIpc) is 1.85. The molecule has 68 valence electrons. The zero-order valence-electron chi connectivity index (χ0n) is 6.97. The van der Waals surface area contributed by atoms with Crippen LogP contribution in [-0.4, -0.2) is 33.5 Å². The summed E-state index contributed by atoms with van der Waals surface area (Å²) in [6.07, 6.45) is -0.512. The monoisotopic (exact) mass is 172 g/mol. The van der Waals surface area contributed by atoms with E-state index in [0.717, 1.165) is 4.90 Å². The predicted octanol–water partition coefficient (Wildman–Crippen LogP) is -1.24. The van der Waals surface area contributed by atoms with Crippen molar-refractivity contribution in [1.82, 2.24) is 4.90 Å². The van der Waals surface area contributed by atoms with Gasteiger partial charge in [0.2, 0.25) is 12.2 Å². The minimum Gasteiger partial charge on any atom is -0.374 e. The molecular formula is C6H12N4O2. The van der Waals surface area contributed by atoms with Crippen molar-refractivity contribution in [3.8, 4) is 6.19 Å². The van der Waals surface area contributed by atoms with Crippen LogP contribution in [0.25, 0.3) is 0 Å². The molecule has 0 rings (SSSR count). The van der Waals surface area contributed by atoms with Gasteiger partial charge in [-0.25, -0.2) is 0 Å². The lowest BCUT2D eigenvalue weighted by Gasteiger charge is -2.28. The number of guanidine groups is 1. The minimum atomic E-state index is -0.984. The number of aliphatic hydroxyl groups is 2. The summed E-state index contributed by atoms with van der Waals surface area (Å²) in [5.74, 6) is -0.206. The van der Waals surface area contributed by atoms with Gasteiger partial charge in [-0.05, 0) is 13.8 Å². The van der Waals surface area contributed by atoms with Gasteiger partial charge >= 0.3 is 0 Å². The molecule has 0 fully saturated rings. The quantitative estimate of drug-likeness (QED) is 0.209. The summed E-state index contributed by atoms with van der Waals surface area (Å²) in [4.78, 5) is 4.18. The predicted molar refractivity (Wildman–Crippen MR) is 42.4 cm³/mol. The van der Waals surface area contributed by atoms with Gasteiger partial charge in [0.15, 0.2) is 0 Å². The summed E-state index contributed by atoms with van der Waals surface area (Å²) in [6, 6.07) is 0. The Labute approximate surface area is 70.5 Å². The van der Waals surface area contributed by atoms with Gasteiger partial charge in [-0.1, -0.05) is 0 Å². The third kappa shape index (κ3) is 2.74. The Hall–Kier alpha value is -1.32. The Kier molecular flexibility index (Phi) is 4.04. The topological polar surface area (TPSA) is 106 Å². The van der Waals surface area contributed by atoms with Gasteiger partial charge < -0.3 is 15.9 Å². The summed E-state index contributed by atoms with van der Waals surface area (Å²) >= 11 is 0. The number of hydrogen-bond donors (Lipinski definition) is 3. The fraction of sp³-hybridized carbons (Fsp3) is 0.667. The number of aliphatic hydroxyl groups excluding tert-OH is 2. The molecule has 0 amide bonds. The highest BCUT2D eigenvalue weighted by molar-refractivity contribution is 5.79. The van der Waals surface area contributed by atoms with E-state index >= 15 is 0 Å². The fourth-order valence-corrected chi connectivity index (χ4v) is 0.804. The van der Waals surface area contributed by atoms with Crippen molar-refractivity contribution in [3.05, 3.63) is 0 Å². The molecule has 12 heavy (non-hydrogen) atoms. The molecule has 0 bridgehead atoms. The Morgan fingerprint density at radius 1 is 1.50 bits per heavy atom. The lowest BCUT2D eigenvalue weighted by atomic mass is 10.4. The van der Waals surface area contributed by atoms with E-state index in [-0.39, 0.29) is 5.96 Å². The third-order valence-electron chi connectivity index (χ3n) is 1.23. The van der Waals surface area contributed by atoms with E-state index in [1.807, 2.05) is 0 Å². The highest BCUT2D eigenvalue weighted by atomic mass is 16.3. The maximum absolute atomic E-state index is 9.08. The second kappa shape index (κ2) is 4.54. The van der Waals surface area contributed by atoms with Gasteiger partial charge in [-0.3, -0.25) is 4.90 Å². The number of nitriles is 1. The van der Waals surface area contributed by atoms with Crippen LogP contribution in [0.1, 0.15) is 13.8 Å². The van der Waals surface area contributed by atoms with Crippen molar-refractivity contribution >= 4 is 5.96 Å². The van der Waals surface area contributed by atoms with Crippen LogP contribution in [0, 0.1) is 11.5 Å². The maximum Gasteiger partial charge on any atom is 0.211 e. The molecule has 0 spiro atoms. The number of rotatable bonds is 2. The number of nitrogens with two attached hydrogens (primary N) is 1. The molecule has 0 aromatic carbocycles. The first kappa shape index (κ1) is 10.7. The molecular weight excluding hydrogens is 160 g/mol. The van der Waals surface area contributed by atoms with E-state index in [2.05, 4.69) is 4.99 Å². The van der Waals surface area contributed by atoms with Crippen LogP contribution in [0.15, 0.2) is 4.99 Å². The molecule has 0 radical (unpaired) electrons. The molecule has 2 atom stereocenters. The van der Waals surface area contributed by atoms with Crippen molar-refractivity contribution in [2.45, 2.75) is 26.3 Å². The minimum absolute atomic E-state index is 0.206. The zero-order valence-corrected chi connectivity index (χ0v) is 6.97. The van der Waals surface area contributed by atoms with Crippen LogP contribution < -0.4 is 5.73 Å². The molecule has 4 N–H and O–H groups in total. The van der Waals surface area contributed by atoms with Gasteiger partial charge in [-0.2, -0.15) is 5.26 Å². The van der Waals surface area contributed by atoms with Crippen molar-refractivity contribution in [1.29, 1.82) is 5.26 Å². The number of aliphatic imine (C=N–C) groups is 1. The SMILES string of the molecule is CC(O)N(C(N)=NC#N)C(C)O. The number of hydrogen-bond acceptors (Lipinski definition) is 4. The van der Waals surface area contributed by atoms with E-state index in [1.54, 1.807) is 0 Å². The Bertz CT molecular complexity index is 198. The van der Waals surface area contributed by atoms with Gasteiger partial charge in [-0.15, -0.1) is 4.99 Å². The maximum atomic E-state index is 9.08. The van der Waals surface area contributed by atoms with Crippen molar-refractivity contribution < 1.29 is 10.2 Å². The summed E-state index contributed by atoms with van der Waals surface area (Å²) in [5, 5.41) is 26.3. The summed E-state index contributed by atoms with van der Waals surface area (Å²) in [7, 11) is 0. The molecule has 0 saturated carbocycles. The van der Waals surface area contributed by atoms with Crippen LogP contribution in [0.4, 0.5) is 0 Å². The first-order valence-electron chi connectivity index (χ1n) is 3.37. The van der Waals surface area contributed by atoms with E-state index in [4.69, 9.17) is 21.2 Å². The smallest absolute Gasteiger partial charge is 0.211 e. The molecule has 0 aromatic rings. The summed E-state index contributed by atoms with van der Waals surface area (Å²) in [6.45, 7) is 2.82. The van der Waals surface area contributed by atoms with Gasteiger partial charge in [0, 0.05) is 0 Å².